The number of nitrogens with zero attached hydrogens (tertiary/aromatic N) is 1. The van der Waals surface area contributed by atoms with Crippen LogP contribution in [0.5, 0.6) is 0 Å². The lowest BCUT2D eigenvalue weighted by atomic mass is 10.00. The molecule has 2 aliphatic rings. The fraction of sp³-hybridized carbons (Fsp3) is 0.588. The number of nitrogens with two attached hydrogens (primary N) is 1. The highest BCUT2D eigenvalue weighted by Crippen LogP contribution is 2.32. The van der Waals surface area contributed by atoms with Crippen molar-refractivity contribution in [1.82, 2.24) is 0 Å². The summed E-state index contributed by atoms with van der Waals surface area (Å²) >= 11 is 8.11. The van der Waals surface area contributed by atoms with Crippen molar-refractivity contribution in [2.24, 2.45) is 11.7 Å². The first kappa shape index (κ1) is 16.9. The number of hydrogen-bond donors (Lipinski definition) is 2. The monoisotopic (exact) mass is 353 g/mol. The van der Waals surface area contributed by atoms with Gasteiger partial charge in [-0.25, -0.2) is 0 Å². The van der Waals surface area contributed by atoms with Crippen LogP contribution < -0.4 is 16.0 Å². The molecular formula is C17H24ClN3OS. The summed E-state index contributed by atoms with van der Waals surface area (Å²) in [5.74, 6) is 2.59. The van der Waals surface area contributed by atoms with Crippen LogP contribution in [-0.2, 0) is 4.79 Å². The standard InChI is InChI=1S/C17H24ClN3OS/c18-13-4-5-16(21-6-8-23-9-7-21)15(11-13)20-17(22)10-12-2-1-3-14(12)19/h4-5,11-12,14H,1-3,6-10,19H2,(H,20,22)/t12-,14+/m0/s1. The minimum absolute atomic E-state index is 0.0438. The summed E-state index contributed by atoms with van der Waals surface area (Å²) in [6.07, 6.45) is 3.72. The number of amides is 1. The maximum atomic E-state index is 12.4. The molecule has 126 valence electrons. The third kappa shape index (κ3) is 4.34. The fourth-order valence-electron chi connectivity index (χ4n) is 3.45. The largest absolute Gasteiger partial charge is 0.368 e. The van der Waals surface area contributed by atoms with Crippen molar-refractivity contribution >= 4 is 40.6 Å². The number of anilines is 2. The molecule has 1 aromatic carbocycles. The molecule has 23 heavy (non-hydrogen) atoms. The molecule has 6 heteroatoms. The smallest absolute Gasteiger partial charge is 0.224 e. The molecule has 1 saturated heterocycles. The van der Waals surface area contributed by atoms with Crippen LogP contribution in [0, 0.1) is 5.92 Å². The Labute approximate surface area is 147 Å². The lowest BCUT2D eigenvalue weighted by Gasteiger charge is -2.30. The zero-order valence-corrected chi connectivity index (χ0v) is 14.8. The van der Waals surface area contributed by atoms with Gasteiger partial charge in [-0.1, -0.05) is 18.0 Å². The van der Waals surface area contributed by atoms with Crippen molar-refractivity contribution in [3.63, 3.8) is 0 Å². The molecule has 1 aliphatic heterocycles. The van der Waals surface area contributed by atoms with E-state index in [9.17, 15) is 4.79 Å². The van der Waals surface area contributed by atoms with E-state index in [1.807, 2.05) is 30.0 Å². The Hall–Kier alpha value is -0.910. The van der Waals surface area contributed by atoms with Gasteiger partial charge in [-0.15, -0.1) is 0 Å². The second kappa shape index (κ2) is 7.77. The van der Waals surface area contributed by atoms with Gasteiger partial charge in [0.25, 0.3) is 0 Å². The molecule has 1 amide bonds. The summed E-state index contributed by atoms with van der Waals surface area (Å²) in [4.78, 5) is 14.8. The first-order valence-electron chi connectivity index (χ1n) is 8.31. The van der Waals surface area contributed by atoms with Gasteiger partial charge in [0.2, 0.25) is 5.91 Å². The van der Waals surface area contributed by atoms with Crippen LogP contribution in [0.25, 0.3) is 0 Å². The summed E-state index contributed by atoms with van der Waals surface area (Å²) in [5.41, 5.74) is 7.97. The number of nitrogens with one attached hydrogen (secondary N) is 1. The predicted octanol–water partition coefficient (Wildman–Crippen LogP) is 3.35. The van der Waals surface area contributed by atoms with E-state index in [0.717, 1.165) is 55.2 Å². The maximum absolute atomic E-state index is 12.4. The highest BCUT2D eigenvalue weighted by Gasteiger charge is 2.26. The lowest BCUT2D eigenvalue weighted by molar-refractivity contribution is -0.117. The van der Waals surface area contributed by atoms with E-state index in [1.54, 1.807) is 0 Å². The van der Waals surface area contributed by atoms with Crippen LogP contribution in [0.1, 0.15) is 25.7 Å². The molecule has 1 aliphatic carbocycles. The van der Waals surface area contributed by atoms with E-state index in [4.69, 9.17) is 17.3 Å². The Bertz CT molecular complexity index is 563. The second-order valence-electron chi connectivity index (χ2n) is 6.37. The first-order chi connectivity index (χ1) is 11.1. The molecule has 0 bridgehead atoms. The minimum atomic E-state index is 0.0438. The number of benzene rings is 1. The number of thioether (sulfide) groups is 1. The molecule has 0 radical (unpaired) electrons. The molecule has 1 heterocycles. The number of hydrogen-bond acceptors (Lipinski definition) is 4. The van der Waals surface area contributed by atoms with Crippen molar-refractivity contribution in [3.05, 3.63) is 23.2 Å². The first-order valence-corrected chi connectivity index (χ1v) is 9.84. The SMILES string of the molecule is N[C@@H]1CCC[C@H]1CC(=O)Nc1cc(Cl)ccc1N1CCSCC1. The average molecular weight is 354 g/mol. The molecule has 1 aromatic rings. The number of rotatable bonds is 4. The summed E-state index contributed by atoms with van der Waals surface area (Å²) < 4.78 is 0. The van der Waals surface area contributed by atoms with E-state index in [2.05, 4.69) is 10.2 Å². The Morgan fingerprint density at radius 1 is 1.35 bits per heavy atom. The Morgan fingerprint density at radius 3 is 2.83 bits per heavy atom. The van der Waals surface area contributed by atoms with Crippen LogP contribution >= 0.6 is 23.4 Å². The number of halogens is 1. The van der Waals surface area contributed by atoms with E-state index in [-0.39, 0.29) is 11.9 Å². The van der Waals surface area contributed by atoms with Crippen LogP contribution in [0.4, 0.5) is 11.4 Å². The van der Waals surface area contributed by atoms with Crippen molar-refractivity contribution in [2.45, 2.75) is 31.7 Å². The van der Waals surface area contributed by atoms with E-state index in [0.29, 0.717) is 17.4 Å². The van der Waals surface area contributed by atoms with Crippen molar-refractivity contribution < 1.29 is 4.79 Å². The number of carbonyl (C=O) groups excluding carboxylic acids is 1. The quantitative estimate of drug-likeness (QED) is 0.871. The molecule has 2 fully saturated rings. The summed E-state index contributed by atoms with van der Waals surface area (Å²) in [6, 6.07) is 5.92. The highest BCUT2D eigenvalue weighted by atomic mass is 35.5. The highest BCUT2D eigenvalue weighted by molar-refractivity contribution is 7.99. The summed E-state index contributed by atoms with van der Waals surface area (Å²) in [6.45, 7) is 2.01. The van der Waals surface area contributed by atoms with Gasteiger partial charge in [-0.2, -0.15) is 11.8 Å². The molecule has 0 unspecified atom stereocenters. The fourth-order valence-corrected chi connectivity index (χ4v) is 4.52. The molecule has 2 atom stereocenters. The average Bonchev–Trinajstić information content (AvgIpc) is 2.93. The van der Waals surface area contributed by atoms with Gasteiger partial charge >= 0.3 is 0 Å². The third-order valence-electron chi connectivity index (χ3n) is 4.75. The van der Waals surface area contributed by atoms with Crippen LogP contribution in [0.15, 0.2) is 18.2 Å². The topological polar surface area (TPSA) is 58.4 Å². The summed E-state index contributed by atoms with van der Waals surface area (Å²) in [5, 5.41) is 3.71. The van der Waals surface area contributed by atoms with Gasteiger partial charge < -0.3 is 16.0 Å². The Balaban J connectivity index is 1.70. The van der Waals surface area contributed by atoms with E-state index >= 15 is 0 Å². The van der Waals surface area contributed by atoms with Gasteiger partial charge in [0, 0.05) is 42.1 Å². The van der Waals surface area contributed by atoms with E-state index < -0.39 is 0 Å². The van der Waals surface area contributed by atoms with Gasteiger partial charge in [0.15, 0.2) is 0 Å². The van der Waals surface area contributed by atoms with Crippen LogP contribution in [-0.4, -0.2) is 36.5 Å². The molecule has 0 aromatic heterocycles. The zero-order chi connectivity index (χ0) is 16.2. The number of carbonyl (C=O) groups is 1. The Kier molecular flexibility index (Phi) is 5.72. The summed E-state index contributed by atoms with van der Waals surface area (Å²) in [7, 11) is 0. The zero-order valence-electron chi connectivity index (χ0n) is 13.3. The predicted molar refractivity (Wildman–Crippen MR) is 99.6 cm³/mol. The van der Waals surface area contributed by atoms with Gasteiger partial charge in [0.1, 0.15) is 0 Å². The second-order valence-corrected chi connectivity index (χ2v) is 8.03. The van der Waals surface area contributed by atoms with Crippen molar-refractivity contribution in [2.75, 3.05) is 34.8 Å². The molecule has 0 spiro atoms. The normalized spacial score (nSPS) is 24.7. The molecule has 1 saturated carbocycles. The van der Waals surface area contributed by atoms with Gasteiger partial charge in [-0.3, -0.25) is 4.79 Å². The van der Waals surface area contributed by atoms with Crippen LogP contribution in [0.2, 0.25) is 5.02 Å². The van der Waals surface area contributed by atoms with Crippen molar-refractivity contribution in [1.29, 1.82) is 0 Å². The van der Waals surface area contributed by atoms with Crippen molar-refractivity contribution in [3.8, 4) is 0 Å². The van der Waals surface area contributed by atoms with Crippen LogP contribution in [0.3, 0.4) is 0 Å². The molecular weight excluding hydrogens is 330 g/mol. The third-order valence-corrected chi connectivity index (χ3v) is 5.93. The van der Waals surface area contributed by atoms with Gasteiger partial charge in [-0.05, 0) is 37.0 Å². The molecule has 3 N–H and O–H groups in total. The lowest BCUT2D eigenvalue weighted by Crippen LogP contribution is -2.33. The minimum Gasteiger partial charge on any atom is -0.368 e. The molecule has 4 nitrogen and oxygen atoms in total. The molecule has 3 rings (SSSR count). The van der Waals surface area contributed by atoms with Gasteiger partial charge in [0.05, 0.1) is 11.4 Å². The van der Waals surface area contributed by atoms with E-state index in [1.165, 1.54) is 0 Å². The Morgan fingerprint density at radius 2 is 2.13 bits per heavy atom. The maximum Gasteiger partial charge on any atom is 0.224 e.